The molecule has 1 aromatic carbocycles. The molecule has 87 valence electrons. The zero-order chi connectivity index (χ0) is 12.0. The lowest BCUT2D eigenvalue weighted by atomic mass is 10.1. The first kappa shape index (κ1) is 13.7. The van der Waals surface area contributed by atoms with Gasteiger partial charge in [0.1, 0.15) is 5.75 Å². The van der Waals surface area contributed by atoms with Gasteiger partial charge in [0, 0.05) is 5.33 Å². The number of unbranched alkanes of at least 4 members (excludes halogenated alkanes) is 1. The van der Waals surface area contributed by atoms with Crippen molar-refractivity contribution in [2.24, 2.45) is 0 Å². The second-order valence-electron chi connectivity index (χ2n) is 3.63. The van der Waals surface area contributed by atoms with Crippen LogP contribution in [0.4, 0.5) is 0 Å². The van der Waals surface area contributed by atoms with Gasteiger partial charge in [-0.15, -0.1) is 0 Å². The van der Waals surface area contributed by atoms with Gasteiger partial charge in [-0.2, -0.15) is 0 Å². The summed E-state index contributed by atoms with van der Waals surface area (Å²) in [4.78, 5) is 0. The summed E-state index contributed by atoms with van der Waals surface area (Å²) in [5, 5.41) is 11.1. The lowest BCUT2D eigenvalue weighted by Crippen LogP contribution is -2.12. The van der Waals surface area contributed by atoms with Crippen LogP contribution in [0, 0.1) is 0 Å². The van der Waals surface area contributed by atoms with Crippen LogP contribution in [0.3, 0.4) is 0 Å². The van der Waals surface area contributed by atoms with E-state index in [4.69, 9.17) is 4.74 Å². The van der Waals surface area contributed by atoms with E-state index in [0.29, 0.717) is 5.33 Å². The number of halogens is 1. The van der Waals surface area contributed by atoms with Crippen LogP contribution in [-0.2, 0) is 0 Å². The minimum absolute atomic E-state index is 0.472. The quantitative estimate of drug-likeness (QED) is 0.495. The normalized spacial score (nSPS) is 12.5. The molecule has 4 heteroatoms. The third kappa shape index (κ3) is 3.92. The first-order valence-electron chi connectivity index (χ1n) is 5.41. The number of benzene rings is 1. The van der Waals surface area contributed by atoms with Crippen LogP contribution >= 0.6 is 15.9 Å². The molecule has 2 nitrogen and oxygen atoms in total. The van der Waals surface area contributed by atoms with E-state index in [1.54, 1.807) is 0 Å². The Hall–Kier alpha value is -0.323. The van der Waals surface area contributed by atoms with Gasteiger partial charge in [-0.3, -0.25) is 0 Å². The topological polar surface area (TPSA) is 29.5 Å². The predicted octanol–water partition coefficient (Wildman–Crippen LogP) is 2.09. The molecule has 0 spiro atoms. The molecular formula is C12H16BrO2Si. The van der Waals surface area contributed by atoms with Gasteiger partial charge in [-0.1, -0.05) is 41.4 Å². The molecule has 0 fully saturated rings. The van der Waals surface area contributed by atoms with E-state index in [-0.39, 0.29) is 0 Å². The van der Waals surface area contributed by atoms with E-state index in [0.717, 1.165) is 35.9 Å². The van der Waals surface area contributed by atoms with E-state index in [1.165, 1.54) is 0 Å². The highest BCUT2D eigenvalue weighted by Crippen LogP contribution is 2.17. The third-order valence-corrected chi connectivity index (χ3v) is 3.29. The van der Waals surface area contributed by atoms with Crippen LogP contribution in [0.25, 0.3) is 0 Å². The Kier molecular flexibility index (Phi) is 6.09. The summed E-state index contributed by atoms with van der Waals surface area (Å²) < 4.78 is 5.60. The van der Waals surface area contributed by atoms with Gasteiger partial charge >= 0.3 is 0 Å². The fraction of sp³-hybridized carbons (Fsp3) is 0.500. The fourth-order valence-electron chi connectivity index (χ4n) is 1.30. The molecule has 0 amide bonds. The van der Waals surface area contributed by atoms with Crippen LogP contribution in [0.1, 0.15) is 31.4 Å². The van der Waals surface area contributed by atoms with Gasteiger partial charge in [-0.25, -0.2) is 0 Å². The molecule has 1 rings (SSSR count). The Morgan fingerprint density at radius 1 is 1.50 bits per heavy atom. The van der Waals surface area contributed by atoms with Crippen molar-refractivity contribution in [1.82, 2.24) is 0 Å². The highest BCUT2D eigenvalue weighted by Gasteiger charge is 2.07. The Balaban J connectivity index is 2.67. The minimum atomic E-state index is -0.472. The molecule has 16 heavy (non-hydrogen) atoms. The molecule has 0 bridgehead atoms. The molecule has 1 aromatic rings. The number of ether oxygens (including phenoxy) is 1. The van der Waals surface area contributed by atoms with Crippen LogP contribution in [0.5, 0.6) is 5.75 Å². The number of aliphatic hydroxyl groups is 1. The van der Waals surface area contributed by atoms with Gasteiger partial charge in [0.15, 0.2) is 0 Å². The summed E-state index contributed by atoms with van der Waals surface area (Å²) >= 11 is 3.25. The zero-order valence-electron chi connectivity index (χ0n) is 9.37. The SMILES string of the molecule is CCCCOc1ccc([C@@H](O)CBr)cc1[Si]. The fourth-order valence-corrected chi connectivity index (χ4v) is 1.99. The van der Waals surface area contributed by atoms with Crippen molar-refractivity contribution in [3.8, 4) is 5.75 Å². The summed E-state index contributed by atoms with van der Waals surface area (Å²) in [7, 11) is 3.50. The Labute approximate surface area is 109 Å². The Morgan fingerprint density at radius 3 is 2.81 bits per heavy atom. The van der Waals surface area contributed by atoms with E-state index >= 15 is 0 Å². The first-order valence-corrected chi connectivity index (χ1v) is 7.03. The molecular weight excluding hydrogens is 284 g/mol. The van der Waals surface area contributed by atoms with E-state index < -0.39 is 6.10 Å². The van der Waals surface area contributed by atoms with Gasteiger partial charge in [0.2, 0.25) is 0 Å². The summed E-state index contributed by atoms with van der Waals surface area (Å²) in [5.41, 5.74) is 0.879. The van der Waals surface area contributed by atoms with Crippen molar-refractivity contribution in [3.63, 3.8) is 0 Å². The molecule has 1 N–H and O–H groups in total. The van der Waals surface area contributed by atoms with E-state index in [1.807, 2.05) is 18.2 Å². The van der Waals surface area contributed by atoms with Crippen LogP contribution in [0.2, 0.25) is 0 Å². The van der Waals surface area contributed by atoms with Crippen molar-refractivity contribution in [2.75, 3.05) is 11.9 Å². The average Bonchev–Trinajstić information content (AvgIpc) is 2.30. The first-order chi connectivity index (χ1) is 7.69. The van der Waals surface area contributed by atoms with Crippen LogP contribution in [-0.4, -0.2) is 27.3 Å². The summed E-state index contributed by atoms with van der Waals surface area (Å²) in [6.45, 7) is 2.86. The maximum absolute atomic E-state index is 9.65. The largest absolute Gasteiger partial charge is 0.494 e. The second kappa shape index (κ2) is 7.09. The molecule has 0 saturated carbocycles. The maximum atomic E-state index is 9.65. The standard InChI is InChI=1S/C12H16BrO2Si/c1-2-3-6-15-11-5-4-9(7-12(11)16)10(14)8-13/h4-5,7,10,14H,2-3,6,8H2,1H3/t10-/m0/s1. The highest BCUT2D eigenvalue weighted by molar-refractivity contribution is 9.09. The number of alkyl halides is 1. The molecule has 0 unspecified atom stereocenters. The van der Waals surface area contributed by atoms with E-state index in [9.17, 15) is 5.11 Å². The number of rotatable bonds is 6. The monoisotopic (exact) mass is 299 g/mol. The zero-order valence-corrected chi connectivity index (χ0v) is 12.0. The molecule has 0 aromatic heterocycles. The molecule has 0 aliphatic rings. The Bertz CT molecular complexity index is 331. The van der Waals surface area contributed by atoms with Gasteiger partial charge in [0.05, 0.1) is 23.0 Å². The Morgan fingerprint density at radius 2 is 2.25 bits per heavy atom. The van der Waals surface area contributed by atoms with Gasteiger partial charge in [-0.05, 0) is 23.2 Å². The number of hydrogen-bond acceptors (Lipinski definition) is 2. The average molecular weight is 300 g/mol. The predicted molar refractivity (Wildman–Crippen MR) is 71.0 cm³/mol. The molecule has 0 heterocycles. The lowest BCUT2D eigenvalue weighted by molar-refractivity contribution is 0.205. The molecule has 3 radical (unpaired) electrons. The van der Waals surface area contributed by atoms with Crippen molar-refractivity contribution in [3.05, 3.63) is 23.8 Å². The van der Waals surface area contributed by atoms with Crippen molar-refractivity contribution in [2.45, 2.75) is 25.9 Å². The molecule has 0 aliphatic carbocycles. The van der Waals surface area contributed by atoms with Crippen molar-refractivity contribution >= 4 is 31.4 Å². The van der Waals surface area contributed by atoms with E-state index in [2.05, 4.69) is 33.1 Å². The maximum Gasteiger partial charge on any atom is 0.117 e. The minimum Gasteiger partial charge on any atom is -0.494 e. The summed E-state index contributed by atoms with van der Waals surface area (Å²) in [6.07, 6.45) is 1.70. The van der Waals surface area contributed by atoms with Crippen molar-refractivity contribution in [1.29, 1.82) is 0 Å². The molecule has 0 saturated heterocycles. The smallest absolute Gasteiger partial charge is 0.117 e. The number of aliphatic hydroxyl groups excluding tert-OH is 1. The lowest BCUT2D eigenvalue weighted by Gasteiger charge is -2.12. The van der Waals surface area contributed by atoms with Crippen LogP contribution < -0.4 is 9.92 Å². The van der Waals surface area contributed by atoms with Crippen molar-refractivity contribution < 1.29 is 9.84 Å². The highest BCUT2D eigenvalue weighted by atomic mass is 79.9. The molecule has 1 atom stereocenters. The molecule has 0 aliphatic heterocycles. The van der Waals surface area contributed by atoms with Crippen LogP contribution in [0.15, 0.2) is 18.2 Å². The van der Waals surface area contributed by atoms with Gasteiger partial charge in [0.25, 0.3) is 0 Å². The van der Waals surface area contributed by atoms with Gasteiger partial charge < -0.3 is 9.84 Å². The number of hydrogen-bond donors (Lipinski definition) is 1. The second-order valence-corrected chi connectivity index (χ2v) is 4.81. The summed E-state index contributed by atoms with van der Waals surface area (Å²) in [6, 6.07) is 5.67. The third-order valence-electron chi connectivity index (χ3n) is 2.29. The summed E-state index contributed by atoms with van der Waals surface area (Å²) in [5.74, 6) is 0.829.